The highest BCUT2D eigenvalue weighted by atomic mass is 79.9. The molecule has 2 heterocycles. The molecule has 0 atom stereocenters. The smallest absolute Gasteiger partial charge is 0.135 e. The zero-order chi connectivity index (χ0) is 19.0. The first-order chi connectivity index (χ1) is 13.1. The fraction of sp³-hybridized carbons (Fsp3) is 0.0909. The molecule has 2 aromatic carbocycles. The molecule has 0 amide bonds. The second-order valence-corrected chi connectivity index (χ2v) is 8.24. The van der Waals surface area contributed by atoms with Crippen molar-refractivity contribution in [1.29, 1.82) is 5.26 Å². The minimum absolute atomic E-state index is 0.590. The molecule has 5 heteroatoms. The van der Waals surface area contributed by atoms with Gasteiger partial charge in [0.2, 0.25) is 0 Å². The van der Waals surface area contributed by atoms with Gasteiger partial charge in [-0.2, -0.15) is 5.26 Å². The molecule has 0 saturated heterocycles. The van der Waals surface area contributed by atoms with E-state index in [1.165, 1.54) is 0 Å². The van der Waals surface area contributed by atoms with Crippen LogP contribution in [0.3, 0.4) is 0 Å². The van der Waals surface area contributed by atoms with E-state index in [0.717, 1.165) is 42.3 Å². The first-order valence-corrected chi connectivity index (χ1v) is 10.1. The van der Waals surface area contributed by atoms with Crippen molar-refractivity contribution < 1.29 is 0 Å². The lowest BCUT2D eigenvalue weighted by atomic mass is 10.1. The van der Waals surface area contributed by atoms with Gasteiger partial charge in [0.1, 0.15) is 11.1 Å². The molecule has 0 spiro atoms. The maximum absolute atomic E-state index is 9.72. The molecule has 0 aliphatic rings. The zero-order valence-corrected chi connectivity index (χ0v) is 17.3. The minimum atomic E-state index is 0.590. The van der Waals surface area contributed by atoms with Gasteiger partial charge in [0.15, 0.2) is 0 Å². The van der Waals surface area contributed by atoms with Gasteiger partial charge in [0.25, 0.3) is 0 Å². The third-order valence-corrected chi connectivity index (χ3v) is 6.10. The predicted molar refractivity (Wildman–Crippen MR) is 116 cm³/mol. The largest absolute Gasteiger partial charge is 0.318 e. The van der Waals surface area contributed by atoms with Crippen molar-refractivity contribution in [3.63, 3.8) is 0 Å². The number of thiazole rings is 1. The molecule has 27 heavy (non-hydrogen) atoms. The van der Waals surface area contributed by atoms with Crippen molar-refractivity contribution in [2.45, 2.75) is 13.8 Å². The summed E-state index contributed by atoms with van der Waals surface area (Å²) in [5, 5.41) is 10.5. The van der Waals surface area contributed by atoms with Gasteiger partial charge >= 0.3 is 0 Å². The van der Waals surface area contributed by atoms with Gasteiger partial charge < -0.3 is 4.57 Å². The van der Waals surface area contributed by atoms with E-state index >= 15 is 0 Å². The maximum Gasteiger partial charge on any atom is 0.135 e. The number of allylic oxidation sites excluding steroid dienone is 1. The molecular weight excluding hydrogens is 418 g/mol. The van der Waals surface area contributed by atoms with E-state index in [2.05, 4.69) is 63.6 Å². The summed E-state index contributed by atoms with van der Waals surface area (Å²) in [6.07, 6.45) is 1.94. The van der Waals surface area contributed by atoms with Crippen LogP contribution in [0.25, 0.3) is 27.6 Å². The van der Waals surface area contributed by atoms with Crippen LogP contribution in [0.1, 0.15) is 22.0 Å². The molecule has 0 bridgehead atoms. The first-order valence-electron chi connectivity index (χ1n) is 8.49. The highest BCUT2D eigenvalue weighted by molar-refractivity contribution is 9.10. The lowest BCUT2D eigenvalue weighted by molar-refractivity contribution is 0.964. The summed E-state index contributed by atoms with van der Waals surface area (Å²) in [6, 6.07) is 20.6. The fourth-order valence-corrected chi connectivity index (χ4v) is 4.40. The topological polar surface area (TPSA) is 41.6 Å². The maximum atomic E-state index is 9.72. The number of hydrogen-bond acceptors (Lipinski definition) is 3. The van der Waals surface area contributed by atoms with Crippen LogP contribution in [-0.2, 0) is 0 Å². The number of nitriles is 1. The van der Waals surface area contributed by atoms with Gasteiger partial charge in [-0.3, -0.25) is 0 Å². The lowest BCUT2D eigenvalue weighted by Crippen LogP contribution is -1.98. The van der Waals surface area contributed by atoms with E-state index in [9.17, 15) is 5.26 Å². The third kappa shape index (κ3) is 3.34. The highest BCUT2D eigenvalue weighted by Crippen LogP contribution is 2.30. The number of benzene rings is 2. The zero-order valence-electron chi connectivity index (χ0n) is 14.9. The Hall–Kier alpha value is -2.68. The number of nitrogens with zero attached hydrogens (tertiary/aromatic N) is 3. The number of para-hydroxylation sites is 1. The van der Waals surface area contributed by atoms with Crippen molar-refractivity contribution in [3.05, 3.63) is 81.0 Å². The van der Waals surface area contributed by atoms with E-state index in [1.807, 2.05) is 42.5 Å². The second kappa shape index (κ2) is 7.15. The number of halogens is 1. The molecule has 4 rings (SSSR count). The number of fused-ring (bicyclic) bond motifs is 1. The van der Waals surface area contributed by atoms with Crippen LogP contribution in [0.2, 0.25) is 0 Å². The molecule has 0 N–H and O–H groups in total. The van der Waals surface area contributed by atoms with Gasteiger partial charge in [-0.15, -0.1) is 11.3 Å². The summed E-state index contributed by atoms with van der Waals surface area (Å²) in [5.41, 5.74) is 5.88. The summed E-state index contributed by atoms with van der Waals surface area (Å²) in [4.78, 5) is 4.62. The van der Waals surface area contributed by atoms with Crippen LogP contribution in [0, 0.1) is 25.2 Å². The molecule has 0 unspecified atom stereocenters. The summed E-state index contributed by atoms with van der Waals surface area (Å²) in [7, 11) is 0. The van der Waals surface area contributed by atoms with Crippen LogP contribution in [0.4, 0.5) is 0 Å². The van der Waals surface area contributed by atoms with Gasteiger partial charge in [-0.1, -0.05) is 28.1 Å². The van der Waals surface area contributed by atoms with E-state index in [4.69, 9.17) is 0 Å². The van der Waals surface area contributed by atoms with Gasteiger partial charge in [-0.05, 0) is 68.0 Å². The van der Waals surface area contributed by atoms with Crippen molar-refractivity contribution in [3.8, 4) is 11.8 Å². The average Bonchev–Trinajstić information content (AvgIpc) is 3.21. The minimum Gasteiger partial charge on any atom is -0.318 e. The van der Waals surface area contributed by atoms with Crippen molar-refractivity contribution in [1.82, 2.24) is 9.55 Å². The highest BCUT2D eigenvalue weighted by Gasteiger charge is 2.13. The molecule has 2 aromatic heterocycles. The predicted octanol–water partition coefficient (Wildman–Crippen LogP) is 6.53. The molecule has 3 nitrogen and oxygen atoms in total. The summed E-state index contributed by atoms with van der Waals surface area (Å²) in [6.45, 7) is 4.16. The molecule has 0 saturated carbocycles. The Balaban J connectivity index is 1.79. The Kier molecular flexibility index (Phi) is 4.69. The first kappa shape index (κ1) is 17.7. The monoisotopic (exact) mass is 433 g/mol. The van der Waals surface area contributed by atoms with Crippen LogP contribution in [0.5, 0.6) is 0 Å². The molecule has 0 aliphatic carbocycles. The standard InChI is InChI=1S/C22H16BrN3S/c1-14-11-16(15(2)26(14)19-9-7-18(23)8-10-19)12-17(13-24)22-25-20-5-3-4-6-21(20)27-22/h3-12H,1-2H3/b17-12+. The number of aryl methyl sites for hydroxylation is 1. The van der Waals surface area contributed by atoms with Gasteiger partial charge in [0.05, 0.1) is 15.8 Å². The molecule has 0 aliphatic heterocycles. The number of rotatable bonds is 3. The van der Waals surface area contributed by atoms with E-state index in [-0.39, 0.29) is 0 Å². The Labute approximate surface area is 170 Å². The van der Waals surface area contributed by atoms with Crippen LogP contribution in [-0.4, -0.2) is 9.55 Å². The summed E-state index contributed by atoms with van der Waals surface area (Å²) < 4.78 is 4.34. The Morgan fingerprint density at radius 1 is 1.15 bits per heavy atom. The van der Waals surface area contributed by atoms with E-state index in [1.54, 1.807) is 11.3 Å². The van der Waals surface area contributed by atoms with Crippen LogP contribution < -0.4 is 0 Å². The Bertz CT molecular complexity index is 1170. The van der Waals surface area contributed by atoms with Crippen LogP contribution >= 0.6 is 27.3 Å². The van der Waals surface area contributed by atoms with Crippen molar-refractivity contribution in [2.75, 3.05) is 0 Å². The number of hydrogen-bond donors (Lipinski definition) is 0. The Morgan fingerprint density at radius 2 is 1.89 bits per heavy atom. The molecule has 0 radical (unpaired) electrons. The van der Waals surface area contributed by atoms with Crippen molar-refractivity contribution in [2.24, 2.45) is 0 Å². The molecule has 0 fully saturated rings. The molecule has 4 aromatic rings. The van der Waals surface area contributed by atoms with Crippen LogP contribution in [0.15, 0.2) is 59.1 Å². The SMILES string of the molecule is Cc1cc(/C=C(\C#N)c2nc3ccccc3s2)c(C)n1-c1ccc(Br)cc1. The lowest BCUT2D eigenvalue weighted by Gasteiger charge is -2.09. The average molecular weight is 434 g/mol. The normalized spacial score (nSPS) is 11.7. The van der Waals surface area contributed by atoms with E-state index < -0.39 is 0 Å². The molecular formula is C22H16BrN3S. The second-order valence-electron chi connectivity index (χ2n) is 6.29. The van der Waals surface area contributed by atoms with Crippen molar-refractivity contribution >= 4 is 49.1 Å². The summed E-state index contributed by atoms with van der Waals surface area (Å²) >= 11 is 5.03. The van der Waals surface area contributed by atoms with E-state index in [0.29, 0.717) is 5.57 Å². The van der Waals surface area contributed by atoms with Gasteiger partial charge in [0, 0.05) is 21.5 Å². The van der Waals surface area contributed by atoms with Gasteiger partial charge in [-0.25, -0.2) is 4.98 Å². The summed E-state index contributed by atoms with van der Waals surface area (Å²) in [5.74, 6) is 0. The number of aromatic nitrogens is 2. The fourth-order valence-electron chi connectivity index (χ4n) is 3.21. The quantitative estimate of drug-likeness (QED) is 0.344. The Morgan fingerprint density at radius 3 is 2.59 bits per heavy atom. The molecule has 132 valence electrons. The third-order valence-electron chi connectivity index (χ3n) is 4.50.